The number of quaternary nitrogens is 1. The second-order valence-electron chi connectivity index (χ2n) is 10.1. The molecule has 0 spiro atoms. The molecule has 0 atom stereocenters. The van der Waals surface area contributed by atoms with Crippen molar-refractivity contribution in [2.24, 2.45) is 0 Å². The van der Waals surface area contributed by atoms with Crippen molar-refractivity contribution in [2.75, 3.05) is 38.5 Å². The lowest BCUT2D eigenvalue weighted by molar-refractivity contribution is -0.896. The topological polar surface area (TPSA) is 84.5 Å². The van der Waals surface area contributed by atoms with Gasteiger partial charge in [-0.05, 0) is 37.5 Å². The number of piperidine rings is 1. The molecule has 0 radical (unpaired) electrons. The van der Waals surface area contributed by atoms with Gasteiger partial charge in [-0.25, -0.2) is 0 Å². The number of carbonyl (C=O) groups excluding carboxylic acids is 1. The summed E-state index contributed by atoms with van der Waals surface area (Å²) in [6.45, 7) is 5.84. The fourth-order valence-electron chi connectivity index (χ4n) is 4.39. The van der Waals surface area contributed by atoms with Gasteiger partial charge in [0, 0.05) is 18.5 Å². The predicted molar refractivity (Wildman–Crippen MR) is 134 cm³/mol. The minimum atomic E-state index is -3.85. The van der Waals surface area contributed by atoms with E-state index in [-0.39, 0.29) is 43.0 Å². The fourth-order valence-corrected chi connectivity index (χ4v) is 5.73. The Morgan fingerprint density at radius 1 is 1.00 bits per heavy atom. The Hall–Kier alpha value is -0.910. The maximum Gasteiger partial charge on any atom is 0.307 e. The van der Waals surface area contributed by atoms with Gasteiger partial charge in [0.15, 0.2) is 0 Å². The van der Waals surface area contributed by atoms with Gasteiger partial charge in [0.2, 0.25) is 0 Å². The second kappa shape index (κ2) is 14.6. The Kier molecular flexibility index (Phi) is 13.4. The maximum atomic E-state index is 13.0. The molecule has 2 N–H and O–H groups in total. The molecule has 1 heterocycles. The van der Waals surface area contributed by atoms with Gasteiger partial charge in [0.05, 0.1) is 45.8 Å². The number of benzene rings is 1. The van der Waals surface area contributed by atoms with Crippen LogP contribution >= 0.6 is 0 Å². The quantitative estimate of drug-likeness (QED) is 0.145. The van der Waals surface area contributed by atoms with Gasteiger partial charge in [0.1, 0.15) is 0 Å². The largest absolute Gasteiger partial charge is 1.00 e. The number of hydrogen-bond acceptors (Lipinski definition) is 4. The lowest BCUT2D eigenvalue weighted by Crippen LogP contribution is -3.00. The van der Waals surface area contributed by atoms with Gasteiger partial charge in [0.25, 0.3) is 10.2 Å². The van der Waals surface area contributed by atoms with Gasteiger partial charge in [-0.1, -0.05) is 51.2 Å². The minimum Gasteiger partial charge on any atom is -1.00 e. The summed E-state index contributed by atoms with van der Waals surface area (Å²) in [4.78, 5) is 12.2. The van der Waals surface area contributed by atoms with Crippen LogP contribution in [-0.4, -0.2) is 58.2 Å². The van der Waals surface area contributed by atoms with Crippen molar-refractivity contribution in [3.8, 4) is 0 Å². The molecule has 1 aromatic carbocycles. The van der Waals surface area contributed by atoms with Crippen LogP contribution in [-0.2, 0) is 26.2 Å². The summed E-state index contributed by atoms with van der Waals surface area (Å²) < 4.78 is 37.3. The first-order valence-electron chi connectivity index (χ1n) is 12.5. The number of nitrogens with one attached hydrogen (secondary N) is 2. The van der Waals surface area contributed by atoms with E-state index in [2.05, 4.69) is 30.5 Å². The van der Waals surface area contributed by atoms with Crippen molar-refractivity contribution in [3.63, 3.8) is 0 Å². The molecule has 196 valence electrons. The number of hydrogen-bond donors (Lipinski definition) is 2. The molecule has 0 saturated carbocycles. The zero-order valence-corrected chi connectivity index (χ0v) is 24.3. The highest BCUT2D eigenvalue weighted by molar-refractivity contribution is 7.90. The molecule has 7 nitrogen and oxygen atoms in total. The third kappa shape index (κ3) is 11.2. The summed E-state index contributed by atoms with van der Waals surface area (Å²) in [5.74, 6) is -0.369. The van der Waals surface area contributed by atoms with Gasteiger partial charge in [-0.2, -0.15) is 13.1 Å². The molecule has 0 aliphatic carbocycles. The summed E-state index contributed by atoms with van der Waals surface area (Å²) in [5, 5.41) is 0. The second-order valence-corrected chi connectivity index (χ2v) is 11.5. The van der Waals surface area contributed by atoms with Crippen molar-refractivity contribution in [2.45, 2.75) is 83.6 Å². The molecular formula is C25H44IN3O4S. The highest BCUT2D eigenvalue weighted by atomic mass is 127. The number of esters is 1. The SMILES string of the molecule is CCCCCCCCc1ccc(NS(=O)(=O)NC2(CC(=O)OCC)CC[N+](C)(C)CC2)cc1.[I-]. The molecule has 1 fully saturated rings. The smallest absolute Gasteiger partial charge is 0.307 e. The molecule has 1 saturated heterocycles. The Morgan fingerprint density at radius 3 is 2.18 bits per heavy atom. The van der Waals surface area contributed by atoms with Gasteiger partial charge >= 0.3 is 5.97 Å². The molecule has 34 heavy (non-hydrogen) atoms. The van der Waals surface area contributed by atoms with Gasteiger partial charge in [-0.3, -0.25) is 9.52 Å². The van der Waals surface area contributed by atoms with E-state index in [0.29, 0.717) is 18.5 Å². The molecule has 1 aromatic rings. The highest BCUT2D eigenvalue weighted by Gasteiger charge is 2.43. The molecule has 2 rings (SSSR count). The average Bonchev–Trinajstić information content (AvgIpc) is 2.74. The van der Waals surface area contributed by atoms with E-state index in [1.807, 2.05) is 24.3 Å². The zero-order chi connectivity index (χ0) is 24.4. The number of unbranched alkanes of at least 4 members (excludes halogenated alkanes) is 5. The lowest BCUT2D eigenvalue weighted by Gasteiger charge is -2.44. The summed E-state index contributed by atoms with van der Waals surface area (Å²) in [6, 6.07) is 7.59. The number of carbonyl (C=O) groups is 1. The van der Waals surface area contributed by atoms with E-state index in [1.54, 1.807) is 6.92 Å². The van der Waals surface area contributed by atoms with Crippen molar-refractivity contribution in [1.82, 2.24) is 4.72 Å². The van der Waals surface area contributed by atoms with Crippen molar-refractivity contribution in [3.05, 3.63) is 29.8 Å². The summed E-state index contributed by atoms with van der Waals surface area (Å²) in [5.41, 5.74) is 0.906. The van der Waals surface area contributed by atoms with E-state index in [1.165, 1.54) is 37.7 Å². The zero-order valence-electron chi connectivity index (χ0n) is 21.4. The third-order valence-electron chi connectivity index (χ3n) is 6.56. The average molecular weight is 610 g/mol. The predicted octanol–water partition coefficient (Wildman–Crippen LogP) is 1.40. The monoisotopic (exact) mass is 609 g/mol. The van der Waals surface area contributed by atoms with Crippen LogP contribution in [0.5, 0.6) is 0 Å². The number of nitrogens with zero attached hydrogens (tertiary/aromatic N) is 1. The van der Waals surface area contributed by atoms with Crippen molar-refractivity contribution >= 4 is 21.9 Å². The van der Waals surface area contributed by atoms with Crippen molar-refractivity contribution < 1.29 is 46.4 Å². The van der Waals surface area contributed by atoms with Gasteiger partial charge < -0.3 is 33.2 Å². The van der Waals surface area contributed by atoms with Crippen LogP contribution in [0.3, 0.4) is 0 Å². The number of likely N-dealkylation sites (tertiary alicyclic amines) is 1. The Balaban J connectivity index is 0.00000578. The first-order chi connectivity index (χ1) is 15.6. The van der Waals surface area contributed by atoms with E-state index < -0.39 is 15.7 Å². The summed E-state index contributed by atoms with van der Waals surface area (Å²) in [6.07, 6.45) is 9.74. The Morgan fingerprint density at radius 2 is 1.59 bits per heavy atom. The molecule has 9 heteroatoms. The van der Waals surface area contributed by atoms with Gasteiger partial charge in [-0.15, -0.1) is 0 Å². The van der Waals surface area contributed by atoms with E-state index >= 15 is 0 Å². The van der Waals surface area contributed by atoms with Crippen LogP contribution in [0.15, 0.2) is 24.3 Å². The molecular weight excluding hydrogens is 565 g/mol. The van der Waals surface area contributed by atoms with E-state index in [9.17, 15) is 13.2 Å². The lowest BCUT2D eigenvalue weighted by atomic mass is 9.85. The first kappa shape index (κ1) is 31.1. The number of ether oxygens (including phenoxy) is 1. The van der Waals surface area contributed by atoms with E-state index in [4.69, 9.17) is 4.74 Å². The number of rotatable bonds is 14. The molecule has 0 bridgehead atoms. The third-order valence-corrected chi connectivity index (χ3v) is 7.76. The molecule has 1 aliphatic rings. The maximum absolute atomic E-state index is 13.0. The summed E-state index contributed by atoms with van der Waals surface area (Å²) >= 11 is 0. The standard InChI is InChI=1S/C25H44N3O4S.HI/c1-5-7-8-9-10-11-12-22-13-15-23(16-14-22)26-33(30,31)27-25(21-24(29)32-6-2)17-19-28(3,4)20-18-25;/h13-16,26-27H,5-12,17-21H2,1-4H3;1H/q+1;/p-1. The highest BCUT2D eigenvalue weighted by Crippen LogP contribution is 2.29. The first-order valence-corrected chi connectivity index (χ1v) is 14.0. The van der Waals surface area contributed by atoms with Crippen LogP contribution in [0, 0.1) is 0 Å². The number of halogens is 1. The van der Waals surface area contributed by atoms with E-state index in [0.717, 1.165) is 30.4 Å². The molecule has 0 aromatic heterocycles. The van der Waals surface area contributed by atoms with Crippen LogP contribution in [0.1, 0.15) is 77.2 Å². The Labute approximate surface area is 224 Å². The van der Waals surface area contributed by atoms with Crippen LogP contribution in [0.25, 0.3) is 0 Å². The van der Waals surface area contributed by atoms with Crippen LogP contribution in [0.2, 0.25) is 0 Å². The molecule has 1 aliphatic heterocycles. The number of aryl methyl sites for hydroxylation is 1. The minimum absolute atomic E-state index is 0. The fraction of sp³-hybridized carbons (Fsp3) is 0.720. The Bertz CT molecular complexity index is 834. The molecule has 0 amide bonds. The van der Waals surface area contributed by atoms with Crippen molar-refractivity contribution in [1.29, 1.82) is 0 Å². The van der Waals surface area contributed by atoms with Crippen LogP contribution in [0.4, 0.5) is 5.69 Å². The number of anilines is 1. The summed E-state index contributed by atoms with van der Waals surface area (Å²) in [7, 11) is 0.390. The normalized spacial score (nSPS) is 16.9. The molecule has 0 unspecified atom stereocenters. The van der Waals surface area contributed by atoms with Crippen LogP contribution < -0.4 is 33.4 Å².